The summed E-state index contributed by atoms with van der Waals surface area (Å²) < 4.78 is 1.64. The molecule has 1 heterocycles. The van der Waals surface area contributed by atoms with E-state index >= 15 is 0 Å². The molecule has 1 aromatic rings. The van der Waals surface area contributed by atoms with Crippen LogP contribution in [0.1, 0.15) is 6.42 Å². The lowest BCUT2D eigenvalue weighted by atomic mass is 10.2. The molecule has 6 nitrogen and oxygen atoms in total. The van der Waals surface area contributed by atoms with Crippen molar-refractivity contribution in [3.8, 4) is 0 Å². The zero-order valence-electron chi connectivity index (χ0n) is 8.47. The zero-order valence-corrected chi connectivity index (χ0v) is 8.47. The van der Waals surface area contributed by atoms with Gasteiger partial charge in [0.15, 0.2) is 0 Å². The van der Waals surface area contributed by atoms with E-state index in [1.165, 1.54) is 0 Å². The molecule has 1 atom stereocenters. The number of amides is 1. The van der Waals surface area contributed by atoms with E-state index < -0.39 is 6.04 Å². The predicted octanol–water partition coefficient (Wildman–Crippen LogP) is -0.702. The highest BCUT2D eigenvalue weighted by Gasteiger charge is 2.10. The van der Waals surface area contributed by atoms with Gasteiger partial charge < -0.3 is 11.1 Å². The quantitative estimate of drug-likeness (QED) is 0.606. The molecule has 6 heteroatoms. The highest BCUT2D eigenvalue weighted by Crippen LogP contribution is 1.88. The van der Waals surface area contributed by atoms with Gasteiger partial charge >= 0.3 is 0 Å². The van der Waals surface area contributed by atoms with Crippen LogP contribution in [0.15, 0.2) is 25.0 Å². The van der Waals surface area contributed by atoms with E-state index in [9.17, 15) is 4.79 Å². The molecule has 1 amide bonds. The van der Waals surface area contributed by atoms with Crippen LogP contribution in [0, 0.1) is 0 Å². The summed E-state index contributed by atoms with van der Waals surface area (Å²) in [6.07, 6.45) is 5.43. The van der Waals surface area contributed by atoms with Crippen LogP contribution in [0.4, 0.5) is 0 Å². The van der Waals surface area contributed by atoms with Crippen LogP contribution >= 0.6 is 0 Å². The first-order valence-electron chi connectivity index (χ1n) is 4.72. The van der Waals surface area contributed by atoms with E-state index in [2.05, 4.69) is 22.2 Å². The van der Waals surface area contributed by atoms with Crippen LogP contribution in [-0.2, 0) is 11.3 Å². The number of rotatable bonds is 6. The Morgan fingerprint density at radius 1 is 1.73 bits per heavy atom. The average Bonchev–Trinajstić information content (AvgIpc) is 2.71. The van der Waals surface area contributed by atoms with Crippen LogP contribution < -0.4 is 11.1 Å². The molecule has 0 aliphatic heterocycles. The normalized spacial score (nSPS) is 12.1. The first-order valence-corrected chi connectivity index (χ1v) is 4.72. The predicted molar refractivity (Wildman–Crippen MR) is 55.8 cm³/mol. The van der Waals surface area contributed by atoms with Gasteiger partial charge in [-0.1, -0.05) is 11.3 Å². The fraction of sp³-hybridized carbons (Fsp3) is 0.444. The Morgan fingerprint density at radius 2 is 2.53 bits per heavy atom. The van der Waals surface area contributed by atoms with Crippen LogP contribution in [0.3, 0.4) is 0 Å². The van der Waals surface area contributed by atoms with Crippen LogP contribution in [0.25, 0.3) is 0 Å². The Kier molecular flexibility index (Phi) is 4.49. The van der Waals surface area contributed by atoms with Crippen LogP contribution in [-0.4, -0.2) is 33.5 Å². The number of carbonyl (C=O) groups is 1. The summed E-state index contributed by atoms with van der Waals surface area (Å²) >= 11 is 0. The smallest absolute Gasteiger partial charge is 0.237 e. The first kappa shape index (κ1) is 11.4. The lowest BCUT2D eigenvalue weighted by molar-refractivity contribution is -0.122. The number of hydrogen-bond acceptors (Lipinski definition) is 4. The SMILES string of the molecule is C=CCC(N)C(=O)NCCn1ccnn1. The second-order valence-corrected chi connectivity index (χ2v) is 3.09. The fourth-order valence-corrected chi connectivity index (χ4v) is 1.06. The van der Waals surface area contributed by atoms with Crippen molar-refractivity contribution in [1.29, 1.82) is 0 Å². The lowest BCUT2D eigenvalue weighted by Gasteiger charge is -2.09. The van der Waals surface area contributed by atoms with Gasteiger partial charge in [0.25, 0.3) is 0 Å². The minimum atomic E-state index is -0.516. The van der Waals surface area contributed by atoms with E-state index in [1.54, 1.807) is 23.2 Å². The summed E-state index contributed by atoms with van der Waals surface area (Å²) in [5, 5.41) is 10.1. The maximum absolute atomic E-state index is 11.3. The molecule has 1 rings (SSSR count). The number of nitrogens with two attached hydrogens (primary N) is 1. The van der Waals surface area contributed by atoms with Crippen molar-refractivity contribution in [2.75, 3.05) is 6.54 Å². The summed E-state index contributed by atoms with van der Waals surface area (Å²) in [7, 11) is 0. The van der Waals surface area contributed by atoms with Crippen molar-refractivity contribution in [1.82, 2.24) is 20.3 Å². The standard InChI is InChI=1S/C9H15N5O/c1-2-3-8(10)9(15)11-4-6-14-7-5-12-13-14/h2,5,7-8H,1,3-4,6,10H2,(H,11,15). The van der Waals surface area contributed by atoms with Gasteiger partial charge in [-0.05, 0) is 6.42 Å². The molecule has 0 radical (unpaired) electrons. The third-order valence-electron chi connectivity index (χ3n) is 1.87. The molecule has 0 spiro atoms. The van der Waals surface area contributed by atoms with E-state index in [-0.39, 0.29) is 5.91 Å². The fourth-order valence-electron chi connectivity index (χ4n) is 1.06. The van der Waals surface area contributed by atoms with Crippen molar-refractivity contribution in [3.63, 3.8) is 0 Å². The lowest BCUT2D eigenvalue weighted by Crippen LogP contribution is -2.41. The minimum Gasteiger partial charge on any atom is -0.353 e. The molecular formula is C9H15N5O. The second kappa shape index (κ2) is 5.92. The number of aromatic nitrogens is 3. The van der Waals surface area contributed by atoms with Gasteiger partial charge in [0, 0.05) is 12.7 Å². The van der Waals surface area contributed by atoms with Crippen molar-refractivity contribution >= 4 is 5.91 Å². The van der Waals surface area contributed by atoms with E-state index in [4.69, 9.17) is 5.73 Å². The molecular weight excluding hydrogens is 194 g/mol. The Labute approximate surface area is 88.1 Å². The van der Waals surface area contributed by atoms with Gasteiger partial charge in [0.2, 0.25) is 5.91 Å². The maximum atomic E-state index is 11.3. The highest BCUT2D eigenvalue weighted by atomic mass is 16.2. The first-order chi connectivity index (χ1) is 7.24. The number of carbonyl (C=O) groups excluding carboxylic acids is 1. The molecule has 3 N–H and O–H groups in total. The molecule has 1 unspecified atom stereocenters. The van der Waals surface area contributed by atoms with Crippen molar-refractivity contribution < 1.29 is 4.79 Å². The molecule has 0 bridgehead atoms. The molecule has 82 valence electrons. The van der Waals surface area contributed by atoms with E-state index in [1.807, 2.05) is 0 Å². The molecule has 0 saturated carbocycles. The van der Waals surface area contributed by atoms with E-state index in [0.717, 1.165) is 0 Å². The number of nitrogens with zero attached hydrogens (tertiary/aromatic N) is 3. The largest absolute Gasteiger partial charge is 0.353 e. The summed E-state index contributed by atoms with van der Waals surface area (Å²) in [4.78, 5) is 11.3. The summed E-state index contributed by atoms with van der Waals surface area (Å²) in [5.74, 6) is -0.171. The highest BCUT2D eigenvalue weighted by molar-refractivity contribution is 5.81. The Balaban J connectivity index is 2.19. The summed E-state index contributed by atoms with van der Waals surface area (Å²) in [5.41, 5.74) is 5.57. The molecule has 0 aromatic carbocycles. The van der Waals surface area contributed by atoms with Gasteiger partial charge in [0.1, 0.15) is 0 Å². The molecule has 0 saturated heterocycles. The molecule has 0 aliphatic rings. The summed E-state index contributed by atoms with van der Waals surface area (Å²) in [6.45, 7) is 4.60. The van der Waals surface area contributed by atoms with Gasteiger partial charge in [-0.2, -0.15) is 0 Å². The average molecular weight is 209 g/mol. The molecule has 0 fully saturated rings. The van der Waals surface area contributed by atoms with E-state index in [0.29, 0.717) is 19.5 Å². The number of hydrogen-bond donors (Lipinski definition) is 2. The van der Waals surface area contributed by atoms with Crippen molar-refractivity contribution in [2.45, 2.75) is 19.0 Å². The van der Waals surface area contributed by atoms with Crippen molar-refractivity contribution in [3.05, 3.63) is 25.0 Å². The Morgan fingerprint density at radius 3 is 3.13 bits per heavy atom. The zero-order chi connectivity index (χ0) is 11.1. The van der Waals surface area contributed by atoms with Crippen LogP contribution in [0.2, 0.25) is 0 Å². The Bertz CT molecular complexity index is 308. The Hall–Kier alpha value is -1.69. The van der Waals surface area contributed by atoms with Crippen molar-refractivity contribution in [2.24, 2.45) is 5.73 Å². The molecule has 15 heavy (non-hydrogen) atoms. The minimum absolute atomic E-state index is 0.171. The third-order valence-corrected chi connectivity index (χ3v) is 1.87. The molecule has 0 aliphatic carbocycles. The van der Waals surface area contributed by atoms with Gasteiger partial charge in [-0.15, -0.1) is 11.7 Å². The summed E-state index contributed by atoms with van der Waals surface area (Å²) in [6, 6.07) is -0.516. The van der Waals surface area contributed by atoms with Gasteiger partial charge in [-0.25, -0.2) is 0 Å². The monoisotopic (exact) mass is 209 g/mol. The topological polar surface area (TPSA) is 85.8 Å². The van der Waals surface area contributed by atoms with Gasteiger partial charge in [0.05, 0.1) is 18.8 Å². The molecule has 1 aromatic heterocycles. The third kappa shape index (κ3) is 3.90. The van der Waals surface area contributed by atoms with Crippen LogP contribution in [0.5, 0.6) is 0 Å². The van der Waals surface area contributed by atoms with Gasteiger partial charge in [-0.3, -0.25) is 9.48 Å². The second-order valence-electron chi connectivity index (χ2n) is 3.09. The maximum Gasteiger partial charge on any atom is 0.237 e. The number of nitrogens with one attached hydrogen (secondary N) is 1.